The smallest absolute Gasteiger partial charge is 0.140 e. The predicted octanol–water partition coefficient (Wildman–Crippen LogP) is 2.28. The fraction of sp³-hybridized carbons (Fsp3) is 0.333. The van der Waals surface area contributed by atoms with Crippen LogP contribution >= 0.6 is 11.6 Å². The number of nitrogens with two attached hydrogens (primary N) is 1. The van der Waals surface area contributed by atoms with Gasteiger partial charge in [0, 0.05) is 30.4 Å². The third kappa shape index (κ3) is 2.43. The second kappa shape index (κ2) is 5.50. The average Bonchev–Trinajstić information content (AvgIpc) is 2.93. The van der Waals surface area contributed by atoms with Gasteiger partial charge in [-0.2, -0.15) is 5.10 Å². The minimum Gasteiger partial charge on any atom is -0.330 e. The van der Waals surface area contributed by atoms with Gasteiger partial charge >= 0.3 is 0 Å². The fourth-order valence-corrected chi connectivity index (χ4v) is 2.93. The highest BCUT2D eigenvalue weighted by Gasteiger charge is 2.15. The van der Waals surface area contributed by atoms with Gasteiger partial charge in [0.05, 0.1) is 12.2 Å². The molecule has 0 bridgehead atoms. The number of halogens is 1. The molecule has 0 aliphatic heterocycles. The molecule has 3 heterocycles. The van der Waals surface area contributed by atoms with Crippen LogP contribution < -0.4 is 5.73 Å². The molecule has 0 aromatic carbocycles. The molecule has 3 rings (SSSR count). The van der Waals surface area contributed by atoms with Gasteiger partial charge in [-0.1, -0.05) is 11.6 Å². The monoisotopic (exact) mass is 303 g/mol. The summed E-state index contributed by atoms with van der Waals surface area (Å²) in [4.78, 5) is 4.50. The number of aryl methyl sites for hydroxylation is 2. The molecule has 21 heavy (non-hydrogen) atoms. The summed E-state index contributed by atoms with van der Waals surface area (Å²) in [7, 11) is 1.85. The third-order valence-corrected chi connectivity index (χ3v) is 4.20. The number of fused-ring (bicyclic) bond motifs is 1. The second-order valence-electron chi connectivity index (χ2n) is 5.17. The van der Waals surface area contributed by atoms with Gasteiger partial charge in [-0.15, -0.1) is 0 Å². The number of hydrogen-bond donors (Lipinski definition) is 1. The largest absolute Gasteiger partial charge is 0.330 e. The number of nitrogens with zero attached hydrogens (tertiary/aromatic N) is 4. The van der Waals surface area contributed by atoms with E-state index in [4.69, 9.17) is 17.3 Å². The van der Waals surface area contributed by atoms with Gasteiger partial charge in [-0.3, -0.25) is 4.68 Å². The molecule has 0 radical (unpaired) electrons. The lowest BCUT2D eigenvalue weighted by Crippen LogP contribution is -2.02. The van der Waals surface area contributed by atoms with Crippen molar-refractivity contribution in [2.75, 3.05) is 6.54 Å². The summed E-state index contributed by atoms with van der Waals surface area (Å²) in [6.07, 6.45) is 4.77. The predicted molar refractivity (Wildman–Crippen MR) is 84.5 cm³/mol. The van der Waals surface area contributed by atoms with Gasteiger partial charge in [-0.05, 0) is 37.6 Å². The van der Waals surface area contributed by atoms with E-state index in [-0.39, 0.29) is 0 Å². The summed E-state index contributed by atoms with van der Waals surface area (Å²) < 4.78 is 3.82. The molecule has 0 aliphatic rings. The maximum Gasteiger partial charge on any atom is 0.140 e. The van der Waals surface area contributed by atoms with Crippen LogP contribution in [0.3, 0.4) is 0 Å². The van der Waals surface area contributed by atoms with Crippen molar-refractivity contribution < 1.29 is 0 Å². The molecule has 0 fully saturated rings. The van der Waals surface area contributed by atoms with Gasteiger partial charge in [0.1, 0.15) is 10.8 Å². The molecule has 2 N–H and O–H groups in total. The van der Waals surface area contributed by atoms with Gasteiger partial charge in [-0.25, -0.2) is 4.98 Å². The zero-order chi connectivity index (χ0) is 15.0. The summed E-state index contributed by atoms with van der Waals surface area (Å²) in [5.41, 5.74) is 9.85. The van der Waals surface area contributed by atoms with Gasteiger partial charge in [0.15, 0.2) is 0 Å². The SMILES string of the molecule is Cc1nn(C)c(Cl)c1Cn1cc(CCN)c2cccnc21. The quantitative estimate of drug-likeness (QED) is 0.804. The van der Waals surface area contributed by atoms with Gasteiger partial charge < -0.3 is 10.3 Å². The third-order valence-electron chi connectivity index (χ3n) is 3.73. The molecule has 0 spiro atoms. The number of rotatable bonds is 4. The van der Waals surface area contributed by atoms with Crippen LogP contribution in [-0.4, -0.2) is 25.9 Å². The van der Waals surface area contributed by atoms with E-state index >= 15 is 0 Å². The van der Waals surface area contributed by atoms with Crippen LogP contribution in [0.25, 0.3) is 11.0 Å². The Morgan fingerprint density at radius 2 is 2.19 bits per heavy atom. The highest BCUT2D eigenvalue weighted by Crippen LogP contribution is 2.24. The van der Waals surface area contributed by atoms with E-state index in [0.717, 1.165) is 28.7 Å². The Hall–Kier alpha value is -1.85. The maximum atomic E-state index is 6.33. The number of aromatic nitrogens is 4. The van der Waals surface area contributed by atoms with Crippen molar-refractivity contribution in [2.45, 2.75) is 19.9 Å². The van der Waals surface area contributed by atoms with Crippen molar-refractivity contribution in [3.8, 4) is 0 Å². The second-order valence-corrected chi connectivity index (χ2v) is 5.53. The molecule has 0 amide bonds. The Morgan fingerprint density at radius 1 is 1.38 bits per heavy atom. The first-order chi connectivity index (χ1) is 10.1. The van der Waals surface area contributed by atoms with Gasteiger partial charge in [0.2, 0.25) is 0 Å². The summed E-state index contributed by atoms with van der Waals surface area (Å²) in [5, 5.41) is 6.19. The summed E-state index contributed by atoms with van der Waals surface area (Å²) >= 11 is 6.33. The minimum atomic E-state index is 0.626. The zero-order valence-electron chi connectivity index (χ0n) is 12.2. The Kier molecular flexibility index (Phi) is 3.69. The van der Waals surface area contributed by atoms with Crippen molar-refractivity contribution >= 4 is 22.6 Å². The highest BCUT2D eigenvalue weighted by atomic mass is 35.5. The van der Waals surface area contributed by atoms with Crippen LogP contribution in [0.2, 0.25) is 5.15 Å². The van der Waals surface area contributed by atoms with E-state index in [1.807, 2.05) is 26.2 Å². The number of hydrogen-bond acceptors (Lipinski definition) is 3. The van der Waals surface area contributed by atoms with E-state index in [1.165, 1.54) is 5.56 Å². The Balaban J connectivity index is 2.08. The fourth-order valence-electron chi connectivity index (χ4n) is 2.69. The molecule has 0 aliphatic carbocycles. The van der Waals surface area contributed by atoms with Crippen LogP contribution in [0, 0.1) is 6.92 Å². The van der Waals surface area contributed by atoms with E-state index < -0.39 is 0 Å². The lowest BCUT2D eigenvalue weighted by molar-refractivity contribution is 0.756. The molecule has 0 saturated heterocycles. The van der Waals surface area contributed by atoms with Crippen LogP contribution in [0.15, 0.2) is 24.5 Å². The minimum absolute atomic E-state index is 0.626. The van der Waals surface area contributed by atoms with E-state index in [0.29, 0.717) is 18.2 Å². The van der Waals surface area contributed by atoms with Crippen molar-refractivity contribution in [1.82, 2.24) is 19.3 Å². The van der Waals surface area contributed by atoms with Crippen molar-refractivity contribution in [3.05, 3.63) is 46.5 Å². The molecule has 3 aromatic heterocycles. The van der Waals surface area contributed by atoms with Crippen LogP contribution in [0.1, 0.15) is 16.8 Å². The molecule has 3 aromatic rings. The first-order valence-corrected chi connectivity index (χ1v) is 7.30. The molecule has 5 nitrogen and oxygen atoms in total. The molecule has 6 heteroatoms. The van der Waals surface area contributed by atoms with Crippen LogP contribution in [0.5, 0.6) is 0 Å². The standard InChI is InChI=1S/C15H18ClN5/c1-10-13(14(16)20(2)19-10)9-21-8-11(5-6-17)12-4-3-7-18-15(12)21/h3-4,7-8H,5-6,9,17H2,1-2H3. The average molecular weight is 304 g/mol. The molecule has 110 valence electrons. The zero-order valence-corrected chi connectivity index (χ0v) is 12.9. The Labute approximate surface area is 128 Å². The van der Waals surface area contributed by atoms with Crippen molar-refractivity contribution in [2.24, 2.45) is 12.8 Å². The summed E-state index contributed by atoms with van der Waals surface area (Å²) in [5.74, 6) is 0. The first-order valence-electron chi connectivity index (χ1n) is 6.92. The lowest BCUT2D eigenvalue weighted by atomic mass is 10.2. The van der Waals surface area contributed by atoms with Crippen LogP contribution in [-0.2, 0) is 20.0 Å². The first kappa shape index (κ1) is 14.1. The van der Waals surface area contributed by atoms with E-state index in [1.54, 1.807) is 4.68 Å². The number of pyridine rings is 1. The van der Waals surface area contributed by atoms with E-state index in [9.17, 15) is 0 Å². The van der Waals surface area contributed by atoms with E-state index in [2.05, 4.69) is 26.9 Å². The lowest BCUT2D eigenvalue weighted by Gasteiger charge is -2.04. The summed E-state index contributed by atoms with van der Waals surface area (Å²) in [6, 6.07) is 4.04. The molecule has 0 unspecified atom stereocenters. The normalized spacial score (nSPS) is 11.4. The molecule has 0 saturated carbocycles. The maximum absolute atomic E-state index is 6.33. The molecule has 0 atom stereocenters. The topological polar surface area (TPSA) is 61.7 Å². The van der Waals surface area contributed by atoms with Crippen molar-refractivity contribution in [3.63, 3.8) is 0 Å². The van der Waals surface area contributed by atoms with Crippen molar-refractivity contribution in [1.29, 1.82) is 0 Å². The Morgan fingerprint density at radius 3 is 2.86 bits per heavy atom. The van der Waals surface area contributed by atoms with Gasteiger partial charge in [0.25, 0.3) is 0 Å². The molecular weight excluding hydrogens is 286 g/mol. The Bertz CT molecular complexity index is 787. The molecular formula is C15H18ClN5. The van der Waals surface area contributed by atoms with Crippen LogP contribution in [0.4, 0.5) is 0 Å². The highest BCUT2D eigenvalue weighted by molar-refractivity contribution is 6.30. The summed E-state index contributed by atoms with van der Waals surface area (Å²) in [6.45, 7) is 3.26.